The van der Waals surface area contributed by atoms with Crippen LogP contribution in [0.2, 0.25) is 0 Å². The predicted molar refractivity (Wildman–Crippen MR) is 106 cm³/mol. The lowest BCUT2D eigenvalue weighted by molar-refractivity contribution is -0.153. The summed E-state index contributed by atoms with van der Waals surface area (Å²) in [6.45, 7) is 11.5. The molecule has 5 heteroatoms. The van der Waals surface area contributed by atoms with Gasteiger partial charge in [-0.2, -0.15) is 0 Å². The standard InChI is InChI=1S/C23H30O5/c1-6-10-18-15(2)19(25)13-23(22(18,4)5)20(14-26-16(3)24)27-21(28-23)17-11-8-7-9-12-17/h6-9,11-12,19-21,25H,1,10,13-14H2,2-5H3/t19-,20-,21-,23+/m0/s1. The smallest absolute Gasteiger partial charge is 0.302 e. The summed E-state index contributed by atoms with van der Waals surface area (Å²) < 4.78 is 18.2. The zero-order valence-electron chi connectivity index (χ0n) is 17.1. The van der Waals surface area contributed by atoms with Gasteiger partial charge in [0.2, 0.25) is 0 Å². The van der Waals surface area contributed by atoms with Gasteiger partial charge in [0.25, 0.3) is 0 Å². The van der Waals surface area contributed by atoms with Gasteiger partial charge in [-0.1, -0.05) is 55.8 Å². The highest BCUT2D eigenvalue weighted by Crippen LogP contribution is 2.58. The van der Waals surface area contributed by atoms with Crippen LogP contribution in [0.5, 0.6) is 0 Å². The molecule has 5 nitrogen and oxygen atoms in total. The molecule has 2 aliphatic rings. The number of carbonyl (C=O) groups is 1. The third-order valence-corrected chi connectivity index (χ3v) is 6.27. The summed E-state index contributed by atoms with van der Waals surface area (Å²) in [7, 11) is 0. The Bertz CT molecular complexity index is 766. The highest BCUT2D eigenvalue weighted by molar-refractivity contribution is 5.65. The van der Waals surface area contributed by atoms with E-state index < -0.39 is 29.5 Å². The van der Waals surface area contributed by atoms with E-state index in [2.05, 4.69) is 20.4 Å². The molecule has 1 spiro atoms. The van der Waals surface area contributed by atoms with Crippen molar-refractivity contribution in [3.8, 4) is 0 Å². The SMILES string of the molecule is C=CCC1=C(C)[C@@H](O)C[C@]2(O[C@@H](c3ccccc3)O[C@H]2COC(C)=O)C1(C)C. The van der Waals surface area contributed by atoms with Gasteiger partial charge >= 0.3 is 5.97 Å². The Balaban J connectivity index is 2.05. The van der Waals surface area contributed by atoms with Gasteiger partial charge in [0.15, 0.2) is 6.29 Å². The molecule has 0 amide bonds. The lowest BCUT2D eigenvalue weighted by atomic mass is 9.59. The molecule has 1 aromatic carbocycles. The number of ether oxygens (including phenoxy) is 3. The fraction of sp³-hybridized carbons (Fsp3) is 0.522. The molecule has 1 fully saturated rings. The molecule has 1 heterocycles. The van der Waals surface area contributed by atoms with E-state index in [0.29, 0.717) is 12.8 Å². The van der Waals surface area contributed by atoms with E-state index in [1.165, 1.54) is 6.92 Å². The van der Waals surface area contributed by atoms with E-state index in [1.54, 1.807) is 0 Å². The molecular weight excluding hydrogens is 356 g/mol. The number of hydrogen-bond donors (Lipinski definition) is 1. The summed E-state index contributed by atoms with van der Waals surface area (Å²) in [6.07, 6.45) is 1.13. The second kappa shape index (κ2) is 7.82. The Morgan fingerprint density at radius 1 is 1.36 bits per heavy atom. The minimum Gasteiger partial charge on any atom is -0.463 e. The van der Waals surface area contributed by atoms with E-state index in [1.807, 2.05) is 43.3 Å². The van der Waals surface area contributed by atoms with Crippen molar-refractivity contribution in [2.45, 2.75) is 64.6 Å². The normalized spacial score (nSPS) is 31.8. The molecule has 4 atom stereocenters. The van der Waals surface area contributed by atoms with E-state index in [-0.39, 0.29) is 12.6 Å². The third-order valence-electron chi connectivity index (χ3n) is 6.27. The number of aliphatic hydroxyl groups is 1. The van der Waals surface area contributed by atoms with Crippen molar-refractivity contribution in [3.05, 3.63) is 59.7 Å². The van der Waals surface area contributed by atoms with Gasteiger partial charge in [-0.25, -0.2) is 0 Å². The number of allylic oxidation sites excluding steroid dienone is 1. The van der Waals surface area contributed by atoms with Crippen molar-refractivity contribution in [2.24, 2.45) is 5.41 Å². The Hall–Kier alpha value is -1.95. The van der Waals surface area contributed by atoms with Crippen LogP contribution in [0.3, 0.4) is 0 Å². The second-order valence-electron chi connectivity index (χ2n) is 8.18. The first-order chi connectivity index (χ1) is 13.2. The number of hydrogen-bond acceptors (Lipinski definition) is 5. The summed E-state index contributed by atoms with van der Waals surface area (Å²) in [4.78, 5) is 11.5. The third kappa shape index (κ3) is 3.43. The zero-order chi connectivity index (χ0) is 20.5. The minimum absolute atomic E-state index is 0.0786. The monoisotopic (exact) mass is 386 g/mol. The fourth-order valence-corrected chi connectivity index (χ4v) is 4.61. The van der Waals surface area contributed by atoms with Crippen molar-refractivity contribution in [2.75, 3.05) is 6.61 Å². The topological polar surface area (TPSA) is 65.0 Å². The van der Waals surface area contributed by atoms with Crippen LogP contribution in [-0.2, 0) is 19.0 Å². The summed E-state index contributed by atoms with van der Waals surface area (Å²) in [5.41, 5.74) is 1.66. The number of carbonyl (C=O) groups excluding carboxylic acids is 1. The number of rotatable bonds is 5. The van der Waals surface area contributed by atoms with Crippen molar-refractivity contribution in [1.29, 1.82) is 0 Å². The molecule has 1 aliphatic heterocycles. The average Bonchev–Trinajstić information content (AvgIpc) is 3.03. The maximum absolute atomic E-state index is 11.5. The average molecular weight is 386 g/mol. The molecule has 0 saturated carbocycles. The molecule has 3 rings (SSSR count). The van der Waals surface area contributed by atoms with Crippen molar-refractivity contribution < 1.29 is 24.1 Å². The van der Waals surface area contributed by atoms with Crippen LogP contribution in [0.4, 0.5) is 0 Å². The quantitative estimate of drug-likeness (QED) is 0.610. The molecule has 0 aromatic heterocycles. The molecule has 0 radical (unpaired) electrons. The minimum atomic E-state index is -0.833. The van der Waals surface area contributed by atoms with Gasteiger partial charge in [-0.05, 0) is 18.9 Å². The van der Waals surface area contributed by atoms with E-state index in [0.717, 1.165) is 16.7 Å². The van der Waals surface area contributed by atoms with Crippen LogP contribution < -0.4 is 0 Å². The van der Waals surface area contributed by atoms with Crippen LogP contribution >= 0.6 is 0 Å². The molecule has 1 aliphatic carbocycles. The predicted octanol–water partition coefficient (Wildman–Crippen LogP) is 4.09. The van der Waals surface area contributed by atoms with Gasteiger partial charge < -0.3 is 19.3 Å². The summed E-state index contributed by atoms with van der Waals surface area (Å²) in [6, 6.07) is 9.70. The highest BCUT2D eigenvalue weighted by atomic mass is 16.7. The van der Waals surface area contributed by atoms with Crippen LogP contribution in [0.1, 0.15) is 52.4 Å². The Morgan fingerprint density at radius 2 is 2.04 bits per heavy atom. The first kappa shape index (κ1) is 20.8. The Morgan fingerprint density at radius 3 is 2.64 bits per heavy atom. The molecule has 1 N–H and O–H groups in total. The van der Waals surface area contributed by atoms with Crippen molar-refractivity contribution in [1.82, 2.24) is 0 Å². The van der Waals surface area contributed by atoms with Crippen LogP contribution in [0.25, 0.3) is 0 Å². The summed E-state index contributed by atoms with van der Waals surface area (Å²) in [5, 5.41) is 10.8. The molecule has 0 bridgehead atoms. The fourth-order valence-electron chi connectivity index (χ4n) is 4.61. The van der Waals surface area contributed by atoms with Gasteiger partial charge in [-0.15, -0.1) is 6.58 Å². The van der Waals surface area contributed by atoms with Crippen molar-refractivity contribution in [3.63, 3.8) is 0 Å². The van der Waals surface area contributed by atoms with Gasteiger partial charge in [0, 0.05) is 24.3 Å². The summed E-state index contributed by atoms with van der Waals surface area (Å²) in [5.74, 6) is -0.367. The van der Waals surface area contributed by atoms with Crippen LogP contribution in [0, 0.1) is 5.41 Å². The molecule has 0 unspecified atom stereocenters. The van der Waals surface area contributed by atoms with Crippen LogP contribution in [-0.4, -0.2) is 35.5 Å². The molecule has 28 heavy (non-hydrogen) atoms. The van der Waals surface area contributed by atoms with Gasteiger partial charge in [-0.3, -0.25) is 4.79 Å². The largest absolute Gasteiger partial charge is 0.463 e. The number of aliphatic hydroxyl groups excluding tert-OH is 1. The number of benzene rings is 1. The van der Waals surface area contributed by atoms with Crippen LogP contribution in [0.15, 0.2) is 54.1 Å². The lowest BCUT2D eigenvalue weighted by Crippen LogP contribution is -2.59. The first-order valence-corrected chi connectivity index (χ1v) is 9.73. The van der Waals surface area contributed by atoms with E-state index in [4.69, 9.17) is 14.2 Å². The maximum atomic E-state index is 11.5. The number of esters is 1. The summed E-state index contributed by atoms with van der Waals surface area (Å²) >= 11 is 0. The molecule has 152 valence electrons. The highest BCUT2D eigenvalue weighted by Gasteiger charge is 2.62. The second-order valence-corrected chi connectivity index (χ2v) is 8.18. The van der Waals surface area contributed by atoms with Gasteiger partial charge in [0.05, 0.1) is 6.10 Å². The first-order valence-electron chi connectivity index (χ1n) is 9.73. The van der Waals surface area contributed by atoms with Crippen molar-refractivity contribution >= 4 is 5.97 Å². The Kier molecular flexibility index (Phi) is 5.80. The zero-order valence-corrected chi connectivity index (χ0v) is 17.1. The molecular formula is C23H30O5. The lowest BCUT2D eigenvalue weighted by Gasteiger charge is -2.52. The van der Waals surface area contributed by atoms with E-state index in [9.17, 15) is 9.90 Å². The van der Waals surface area contributed by atoms with E-state index >= 15 is 0 Å². The van der Waals surface area contributed by atoms with Gasteiger partial charge in [0.1, 0.15) is 18.3 Å². The molecule has 1 saturated heterocycles. The Labute approximate surface area is 167 Å². The maximum Gasteiger partial charge on any atom is 0.302 e. The molecule has 1 aromatic rings.